The maximum atomic E-state index is 11.0. The van der Waals surface area contributed by atoms with E-state index >= 15 is 0 Å². The molecule has 0 aliphatic rings. The van der Waals surface area contributed by atoms with Gasteiger partial charge in [-0.3, -0.25) is 0 Å². The number of pyridine rings is 1. The number of carbonyl (C=O) groups is 1. The summed E-state index contributed by atoms with van der Waals surface area (Å²) in [6.45, 7) is 3.78. The normalized spacial score (nSPS) is 10.2. The van der Waals surface area contributed by atoms with Crippen LogP contribution in [0.2, 0.25) is 0 Å². The number of ether oxygens (including phenoxy) is 1. The Hall–Kier alpha value is -2.36. The third-order valence-corrected chi connectivity index (χ3v) is 2.74. The van der Waals surface area contributed by atoms with Gasteiger partial charge in [-0.25, -0.2) is 9.78 Å². The largest absolute Gasteiger partial charge is 0.478 e. The van der Waals surface area contributed by atoms with E-state index in [-0.39, 0.29) is 5.56 Å². The first-order chi connectivity index (χ1) is 9.10. The van der Waals surface area contributed by atoms with Crippen molar-refractivity contribution in [3.8, 4) is 11.6 Å². The molecule has 0 spiro atoms. The number of aromatic nitrogens is 1. The van der Waals surface area contributed by atoms with E-state index in [1.54, 1.807) is 6.92 Å². The van der Waals surface area contributed by atoms with Crippen molar-refractivity contribution < 1.29 is 14.6 Å². The van der Waals surface area contributed by atoms with E-state index < -0.39 is 5.97 Å². The number of hydrogen-bond donors (Lipinski definition) is 1. The molecule has 0 fully saturated rings. The van der Waals surface area contributed by atoms with Crippen LogP contribution in [0.1, 0.15) is 28.5 Å². The minimum absolute atomic E-state index is 0.177. The molecule has 1 aromatic carbocycles. The Morgan fingerprint density at radius 1 is 1.32 bits per heavy atom. The highest BCUT2D eigenvalue weighted by Gasteiger charge is 2.09. The number of hydrogen-bond acceptors (Lipinski definition) is 3. The lowest BCUT2D eigenvalue weighted by Gasteiger charge is -2.10. The van der Waals surface area contributed by atoms with E-state index in [0.29, 0.717) is 17.3 Å². The molecule has 2 rings (SSSR count). The Bertz CT molecular complexity index is 608. The molecule has 0 bridgehead atoms. The maximum absolute atomic E-state index is 11.0. The fourth-order valence-corrected chi connectivity index (χ4v) is 1.82. The summed E-state index contributed by atoms with van der Waals surface area (Å²) >= 11 is 0. The number of carboxylic acid groups (broad SMARTS) is 1. The molecule has 1 heterocycles. The zero-order valence-corrected chi connectivity index (χ0v) is 10.9. The fourth-order valence-electron chi connectivity index (χ4n) is 1.82. The smallest absolute Gasteiger partial charge is 0.335 e. The van der Waals surface area contributed by atoms with E-state index in [2.05, 4.69) is 4.98 Å². The standard InChI is InChI=1S/C15H15NO3/c1-3-11-6-4-5-7-13(11)19-14-9-12(15(17)18)8-10(2)16-14/h4-9H,3H2,1-2H3,(H,17,18). The molecule has 0 aliphatic heterocycles. The lowest BCUT2D eigenvalue weighted by atomic mass is 10.1. The van der Waals surface area contributed by atoms with Gasteiger partial charge < -0.3 is 9.84 Å². The third-order valence-electron chi connectivity index (χ3n) is 2.74. The lowest BCUT2D eigenvalue weighted by Crippen LogP contribution is -2.00. The molecule has 0 unspecified atom stereocenters. The topological polar surface area (TPSA) is 59.4 Å². The highest BCUT2D eigenvalue weighted by molar-refractivity contribution is 5.88. The van der Waals surface area contributed by atoms with Gasteiger partial charge in [0.1, 0.15) is 5.75 Å². The van der Waals surface area contributed by atoms with E-state index in [4.69, 9.17) is 9.84 Å². The maximum Gasteiger partial charge on any atom is 0.335 e. The predicted octanol–water partition coefficient (Wildman–Crippen LogP) is 3.44. The Morgan fingerprint density at radius 2 is 2.05 bits per heavy atom. The minimum atomic E-state index is -0.987. The van der Waals surface area contributed by atoms with Crippen molar-refractivity contribution in [3.05, 3.63) is 53.2 Å². The van der Waals surface area contributed by atoms with E-state index in [1.165, 1.54) is 12.1 Å². The van der Waals surface area contributed by atoms with Crippen molar-refractivity contribution >= 4 is 5.97 Å². The van der Waals surface area contributed by atoms with Crippen molar-refractivity contribution in [1.29, 1.82) is 0 Å². The summed E-state index contributed by atoms with van der Waals surface area (Å²) < 4.78 is 5.70. The molecule has 0 amide bonds. The molecule has 2 aromatic rings. The average Bonchev–Trinajstić information content (AvgIpc) is 2.38. The molecular weight excluding hydrogens is 242 g/mol. The zero-order valence-electron chi connectivity index (χ0n) is 10.9. The lowest BCUT2D eigenvalue weighted by molar-refractivity contribution is 0.0696. The Morgan fingerprint density at radius 3 is 2.74 bits per heavy atom. The van der Waals surface area contributed by atoms with Gasteiger partial charge in [0.15, 0.2) is 0 Å². The minimum Gasteiger partial charge on any atom is -0.478 e. The second kappa shape index (κ2) is 5.52. The molecule has 0 atom stereocenters. The molecule has 4 nitrogen and oxygen atoms in total. The van der Waals surface area contributed by atoms with Crippen molar-refractivity contribution in [3.63, 3.8) is 0 Å². The van der Waals surface area contributed by atoms with Crippen LogP contribution < -0.4 is 4.74 Å². The summed E-state index contributed by atoms with van der Waals surface area (Å²) in [4.78, 5) is 15.2. The van der Waals surface area contributed by atoms with Gasteiger partial charge >= 0.3 is 5.97 Å². The molecular formula is C15H15NO3. The Balaban J connectivity index is 2.35. The SMILES string of the molecule is CCc1ccccc1Oc1cc(C(=O)O)cc(C)n1. The summed E-state index contributed by atoms with van der Waals surface area (Å²) in [6, 6.07) is 10.6. The van der Waals surface area contributed by atoms with Crippen LogP contribution in [0.25, 0.3) is 0 Å². The molecule has 19 heavy (non-hydrogen) atoms. The van der Waals surface area contributed by atoms with Crippen LogP contribution in [-0.2, 0) is 6.42 Å². The number of rotatable bonds is 4. The van der Waals surface area contributed by atoms with E-state index in [0.717, 1.165) is 12.0 Å². The van der Waals surface area contributed by atoms with Gasteiger partial charge in [-0.2, -0.15) is 0 Å². The highest BCUT2D eigenvalue weighted by Crippen LogP contribution is 2.25. The molecule has 1 N–H and O–H groups in total. The molecule has 4 heteroatoms. The van der Waals surface area contributed by atoms with Gasteiger partial charge in [-0.15, -0.1) is 0 Å². The number of carboxylic acids is 1. The molecule has 98 valence electrons. The number of nitrogens with zero attached hydrogens (tertiary/aromatic N) is 1. The summed E-state index contributed by atoms with van der Waals surface area (Å²) in [6.07, 6.45) is 0.841. The summed E-state index contributed by atoms with van der Waals surface area (Å²) in [5, 5.41) is 9.02. The van der Waals surface area contributed by atoms with Gasteiger partial charge in [0.25, 0.3) is 0 Å². The van der Waals surface area contributed by atoms with Crippen molar-refractivity contribution in [1.82, 2.24) is 4.98 Å². The third kappa shape index (κ3) is 3.10. The predicted molar refractivity (Wildman–Crippen MR) is 71.8 cm³/mol. The van der Waals surface area contributed by atoms with Crippen LogP contribution in [0, 0.1) is 6.92 Å². The van der Waals surface area contributed by atoms with Gasteiger partial charge in [-0.1, -0.05) is 25.1 Å². The monoisotopic (exact) mass is 257 g/mol. The van der Waals surface area contributed by atoms with Crippen LogP contribution >= 0.6 is 0 Å². The Kier molecular flexibility index (Phi) is 3.80. The number of benzene rings is 1. The number of para-hydroxylation sites is 1. The second-order valence-electron chi connectivity index (χ2n) is 4.20. The van der Waals surface area contributed by atoms with Crippen LogP contribution in [0.5, 0.6) is 11.6 Å². The first-order valence-corrected chi connectivity index (χ1v) is 6.08. The first-order valence-electron chi connectivity index (χ1n) is 6.08. The number of aromatic carboxylic acids is 1. The zero-order chi connectivity index (χ0) is 13.8. The van der Waals surface area contributed by atoms with Crippen molar-refractivity contribution in [2.45, 2.75) is 20.3 Å². The molecule has 1 aromatic heterocycles. The van der Waals surface area contributed by atoms with Crippen molar-refractivity contribution in [2.75, 3.05) is 0 Å². The Labute approximate surface area is 111 Å². The van der Waals surface area contributed by atoms with Gasteiger partial charge in [0.05, 0.1) is 5.56 Å². The first kappa shape index (κ1) is 13.1. The quantitative estimate of drug-likeness (QED) is 0.911. The summed E-state index contributed by atoms with van der Waals surface area (Å²) in [7, 11) is 0. The molecule has 0 saturated carbocycles. The molecule has 0 radical (unpaired) electrons. The molecule has 0 saturated heterocycles. The van der Waals surface area contributed by atoms with Gasteiger partial charge in [-0.05, 0) is 31.0 Å². The van der Waals surface area contributed by atoms with E-state index in [1.807, 2.05) is 31.2 Å². The number of aryl methyl sites for hydroxylation is 2. The highest BCUT2D eigenvalue weighted by atomic mass is 16.5. The van der Waals surface area contributed by atoms with Gasteiger partial charge in [0.2, 0.25) is 5.88 Å². The van der Waals surface area contributed by atoms with Crippen LogP contribution in [0.4, 0.5) is 0 Å². The van der Waals surface area contributed by atoms with Crippen molar-refractivity contribution in [2.24, 2.45) is 0 Å². The van der Waals surface area contributed by atoms with Crippen LogP contribution in [0.15, 0.2) is 36.4 Å². The van der Waals surface area contributed by atoms with Crippen LogP contribution in [-0.4, -0.2) is 16.1 Å². The molecule has 0 aliphatic carbocycles. The van der Waals surface area contributed by atoms with Gasteiger partial charge in [0, 0.05) is 11.8 Å². The van der Waals surface area contributed by atoms with Crippen LogP contribution in [0.3, 0.4) is 0 Å². The average molecular weight is 257 g/mol. The van der Waals surface area contributed by atoms with E-state index in [9.17, 15) is 4.79 Å². The fraction of sp³-hybridized carbons (Fsp3) is 0.200. The summed E-state index contributed by atoms with van der Waals surface area (Å²) in [5.74, 6) is 0.0249. The second-order valence-corrected chi connectivity index (χ2v) is 4.20. The summed E-state index contributed by atoms with van der Waals surface area (Å²) in [5.41, 5.74) is 1.85.